The Labute approximate surface area is 179 Å². The molecule has 158 valence electrons. The minimum atomic E-state index is -0.322. The van der Waals surface area contributed by atoms with Gasteiger partial charge in [-0.1, -0.05) is 29.9 Å². The largest absolute Gasteiger partial charge is 0.462 e. The number of esters is 1. The van der Waals surface area contributed by atoms with Crippen LogP contribution < -0.4 is 4.90 Å². The van der Waals surface area contributed by atoms with Gasteiger partial charge in [0.25, 0.3) is 5.91 Å². The second-order valence-corrected chi connectivity index (χ2v) is 8.31. The Morgan fingerprint density at radius 3 is 2.59 bits per heavy atom. The van der Waals surface area contributed by atoms with Gasteiger partial charge in [0.15, 0.2) is 16.1 Å². The Hall–Kier alpha value is -2.13. The van der Waals surface area contributed by atoms with Gasteiger partial charge in [0.1, 0.15) is 4.88 Å². The number of aromatic amines is 1. The van der Waals surface area contributed by atoms with Gasteiger partial charge in [-0.25, -0.2) is 14.8 Å². The van der Waals surface area contributed by atoms with Gasteiger partial charge in [-0.15, -0.1) is 0 Å². The molecule has 0 spiro atoms. The molecule has 0 radical (unpaired) electrons. The number of aromatic nitrogens is 3. The van der Waals surface area contributed by atoms with Gasteiger partial charge in [0.2, 0.25) is 0 Å². The summed E-state index contributed by atoms with van der Waals surface area (Å²) in [6.45, 7) is 7.44. The number of amides is 1. The molecule has 0 atom stereocenters. The zero-order valence-electron chi connectivity index (χ0n) is 17.1. The third kappa shape index (κ3) is 4.56. The number of halogens is 1. The number of H-pyrrole nitrogens is 1. The highest BCUT2D eigenvalue weighted by molar-refractivity contribution is 7.17. The number of carbonyl (C=O) groups is 2. The molecule has 8 nitrogen and oxygen atoms in total. The number of piperidine rings is 1. The molecule has 0 aliphatic carbocycles. The molecule has 0 unspecified atom stereocenters. The maximum atomic E-state index is 12.8. The zero-order chi connectivity index (χ0) is 21.1. The number of hydrogen-bond acceptors (Lipinski definition) is 7. The Morgan fingerprint density at radius 1 is 1.31 bits per heavy atom. The fourth-order valence-electron chi connectivity index (χ4n) is 3.40. The van der Waals surface area contributed by atoms with E-state index in [1.807, 2.05) is 13.8 Å². The summed E-state index contributed by atoms with van der Waals surface area (Å²) in [5.41, 5.74) is 1.47. The molecule has 2 aromatic heterocycles. The molecule has 2 aromatic rings. The first kappa shape index (κ1) is 21.6. The van der Waals surface area contributed by atoms with Crippen LogP contribution in [0.5, 0.6) is 0 Å². The van der Waals surface area contributed by atoms with Crippen molar-refractivity contribution in [1.29, 1.82) is 0 Å². The molecule has 3 heterocycles. The van der Waals surface area contributed by atoms with Gasteiger partial charge in [0.05, 0.1) is 18.0 Å². The van der Waals surface area contributed by atoms with Crippen molar-refractivity contribution in [3.63, 3.8) is 0 Å². The highest BCUT2D eigenvalue weighted by atomic mass is 35.5. The number of carbonyl (C=O) groups excluding carboxylic acids is 2. The Balaban J connectivity index is 1.62. The van der Waals surface area contributed by atoms with E-state index in [0.29, 0.717) is 28.8 Å². The van der Waals surface area contributed by atoms with Crippen LogP contribution in [0.2, 0.25) is 5.15 Å². The average molecular weight is 440 g/mol. The van der Waals surface area contributed by atoms with Crippen molar-refractivity contribution in [2.45, 2.75) is 46.1 Å². The summed E-state index contributed by atoms with van der Waals surface area (Å²) in [6, 6.07) is 0.110. The summed E-state index contributed by atoms with van der Waals surface area (Å²) < 4.78 is 5.10. The van der Waals surface area contributed by atoms with Crippen LogP contribution in [-0.4, -0.2) is 64.5 Å². The molecule has 10 heteroatoms. The number of rotatable bonds is 6. The average Bonchev–Trinajstić information content (AvgIpc) is 3.29. The van der Waals surface area contributed by atoms with Crippen molar-refractivity contribution in [2.24, 2.45) is 0 Å². The second kappa shape index (κ2) is 9.13. The van der Waals surface area contributed by atoms with Gasteiger partial charge in [-0.05, 0) is 33.1 Å². The van der Waals surface area contributed by atoms with Crippen molar-refractivity contribution < 1.29 is 14.3 Å². The van der Waals surface area contributed by atoms with E-state index in [2.05, 4.69) is 19.9 Å². The van der Waals surface area contributed by atoms with E-state index in [1.165, 1.54) is 11.3 Å². The van der Waals surface area contributed by atoms with Crippen LogP contribution in [0.1, 0.15) is 58.4 Å². The molecule has 0 saturated carbocycles. The lowest BCUT2D eigenvalue weighted by molar-refractivity contribution is 0.0530. The summed E-state index contributed by atoms with van der Waals surface area (Å²) in [7, 11) is 1.80. The van der Waals surface area contributed by atoms with Crippen molar-refractivity contribution in [3.05, 3.63) is 27.2 Å². The van der Waals surface area contributed by atoms with Crippen LogP contribution >= 0.6 is 22.9 Å². The van der Waals surface area contributed by atoms with Gasteiger partial charge >= 0.3 is 5.97 Å². The highest BCUT2D eigenvalue weighted by Gasteiger charge is 2.29. The topological polar surface area (TPSA) is 91.4 Å². The van der Waals surface area contributed by atoms with Crippen molar-refractivity contribution in [3.8, 4) is 0 Å². The first-order valence-electron chi connectivity index (χ1n) is 9.76. The molecule has 0 bridgehead atoms. The molecule has 1 aliphatic rings. The Morgan fingerprint density at radius 2 is 2.00 bits per heavy atom. The Kier molecular flexibility index (Phi) is 6.79. The van der Waals surface area contributed by atoms with Gasteiger partial charge in [-0.3, -0.25) is 4.79 Å². The maximum Gasteiger partial charge on any atom is 0.350 e. The number of anilines is 1. The van der Waals surface area contributed by atoms with Crippen LogP contribution in [0.3, 0.4) is 0 Å². The van der Waals surface area contributed by atoms with Crippen LogP contribution in [0.15, 0.2) is 0 Å². The molecule has 1 saturated heterocycles. The molecule has 1 N–H and O–H groups in total. The molecule has 1 amide bonds. The van der Waals surface area contributed by atoms with Gasteiger partial charge < -0.3 is 19.5 Å². The number of imidazole rings is 1. The molecule has 29 heavy (non-hydrogen) atoms. The van der Waals surface area contributed by atoms with Crippen LogP contribution in [-0.2, 0) is 11.2 Å². The van der Waals surface area contributed by atoms with Crippen molar-refractivity contribution >= 4 is 39.9 Å². The van der Waals surface area contributed by atoms with Crippen LogP contribution in [0, 0.1) is 6.92 Å². The molecular weight excluding hydrogens is 414 g/mol. The molecular formula is C19H26ClN5O3S. The lowest BCUT2D eigenvalue weighted by atomic mass is 10.0. The fraction of sp³-hybridized carbons (Fsp3) is 0.579. The van der Waals surface area contributed by atoms with Crippen molar-refractivity contribution in [2.75, 3.05) is 31.6 Å². The Bertz CT molecular complexity index is 889. The van der Waals surface area contributed by atoms with Crippen LogP contribution in [0.4, 0.5) is 5.13 Å². The monoisotopic (exact) mass is 439 g/mol. The minimum absolute atomic E-state index is 0.110. The van der Waals surface area contributed by atoms with E-state index >= 15 is 0 Å². The zero-order valence-corrected chi connectivity index (χ0v) is 18.7. The SMILES string of the molecule is CCOC(=O)c1sc(N2CCC(N(C)C(=O)c3nc(Cl)c(CC)[nH]3)CC2)nc1C. The van der Waals surface area contributed by atoms with E-state index in [4.69, 9.17) is 16.3 Å². The quantitative estimate of drug-likeness (QED) is 0.694. The summed E-state index contributed by atoms with van der Waals surface area (Å²) in [5.74, 6) is -0.191. The number of aryl methyl sites for hydroxylation is 2. The molecule has 1 aliphatic heterocycles. The van der Waals surface area contributed by atoms with Crippen molar-refractivity contribution in [1.82, 2.24) is 19.9 Å². The standard InChI is InChI=1S/C19H26ClN5O3S/c1-5-13-15(20)23-16(22-13)17(26)24(4)12-7-9-25(10-8-12)19-21-11(3)14(29-19)18(27)28-6-2/h12H,5-10H2,1-4H3,(H,22,23). The molecule has 3 rings (SSSR count). The first-order valence-corrected chi connectivity index (χ1v) is 11.0. The number of nitrogens with one attached hydrogen (secondary N) is 1. The number of thiazole rings is 1. The third-order valence-electron chi connectivity index (χ3n) is 5.13. The molecule has 0 aromatic carbocycles. The summed E-state index contributed by atoms with van der Waals surface area (Å²) in [4.78, 5) is 41.0. The van der Waals surface area contributed by atoms with Gasteiger partial charge in [0, 0.05) is 26.2 Å². The number of ether oxygens (including phenoxy) is 1. The third-order valence-corrected chi connectivity index (χ3v) is 6.64. The normalized spacial score (nSPS) is 14.9. The predicted octanol–water partition coefficient (Wildman–Crippen LogP) is 3.31. The van der Waals surface area contributed by atoms with E-state index in [-0.39, 0.29) is 23.7 Å². The van der Waals surface area contributed by atoms with E-state index in [9.17, 15) is 9.59 Å². The molecule has 1 fully saturated rings. The summed E-state index contributed by atoms with van der Waals surface area (Å²) in [6.07, 6.45) is 2.32. The minimum Gasteiger partial charge on any atom is -0.462 e. The van der Waals surface area contributed by atoms with Crippen LogP contribution in [0.25, 0.3) is 0 Å². The fourth-order valence-corrected chi connectivity index (χ4v) is 4.68. The predicted molar refractivity (Wildman–Crippen MR) is 113 cm³/mol. The second-order valence-electron chi connectivity index (χ2n) is 6.97. The summed E-state index contributed by atoms with van der Waals surface area (Å²) >= 11 is 7.43. The van der Waals surface area contributed by atoms with E-state index < -0.39 is 0 Å². The number of hydrogen-bond donors (Lipinski definition) is 1. The maximum absolute atomic E-state index is 12.8. The first-order chi connectivity index (χ1) is 13.8. The lowest BCUT2D eigenvalue weighted by Crippen LogP contribution is -2.46. The smallest absolute Gasteiger partial charge is 0.350 e. The van der Waals surface area contributed by atoms with Gasteiger partial charge in [-0.2, -0.15) is 0 Å². The number of nitrogens with zero attached hydrogens (tertiary/aromatic N) is 4. The summed E-state index contributed by atoms with van der Waals surface area (Å²) in [5, 5.41) is 1.18. The lowest BCUT2D eigenvalue weighted by Gasteiger charge is -2.36. The highest BCUT2D eigenvalue weighted by Crippen LogP contribution is 2.30. The van der Waals surface area contributed by atoms with E-state index in [1.54, 1.807) is 18.9 Å². The van der Waals surface area contributed by atoms with E-state index in [0.717, 1.165) is 36.8 Å².